The van der Waals surface area contributed by atoms with Gasteiger partial charge in [-0.25, -0.2) is 0 Å². The zero-order chi connectivity index (χ0) is 12.6. The van der Waals surface area contributed by atoms with Crippen molar-refractivity contribution in [3.05, 3.63) is 12.2 Å². The van der Waals surface area contributed by atoms with Gasteiger partial charge in [0.25, 0.3) is 0 Å². The van der Waals surface area contributed by atoms with E-state index in [2.05, 4.69) is 6.58 Å². The van der Waals surface area contributed by atoms with Crippen molar-refractivity contribution in [2.24, 2.45) is 11.8 Å². The zero-order valence-corrected chi connectivity index (χ0v) is 10.7. The predicted octanol–water partition coefficient (Wildman–Crippen LogP) is 1.89. The highest BCUT2D eigenvalue weighted by molar-refractivity contribution is 5.73. The SMILES string of the molecule is C=C1C[C@H]([C@H]2COC(C)(C)O2)[C@H](C(=O)OC)C1. The van der Waals surface area contributed by atoms with Gasteiger partial charge < -0.3 is 14.2 Å². The molecule has 2 rings (SSSR count). The summed E-state index contributed by atoms with van der Waals surface area (Å²) in [6, 6.07) is 0. The molecule has 0 spiro atoms. The number of allylic oxidation sites excluding steroid dienone is 1. The molecule has 0 bridgehead atoms. The number of carbonyl (C=O) groups excluding carboxylic acids is 1. The van der Waals surface area contributed by atoms with E-state index in [0.717, 1.165) is 12.0 Å². The highest BCUT2D eigenvalue weighted by Crippen LogP contribution is 2.42. The van der Waals surface area contributed by atoms with E-state index in [0.29, 0.717) is 13.0 Å². The van der Waals surface area contributed by atoms with Gasteiger partial charge >= 0.3 is 5.97 Å². The molecule has 0 aromatic rings. The van der Waals surface area contributed by atoms with Gasteiger partial charge in [-0.3, -0.25) is 4.79 Å². The summed E-state index contributed by atoms with van der Waals surface area (Å²) in [5.74, 6) is -0.705. The molecule has 0 radical (unpaired) electrons. The van der Waals surface area contributed by atoms with Crippen molar-refractivity contribution in [3.63, 3.8) is 0 Å². The molecule has 17 heavy (non-hydrogen) atoms. The third-order valence-electron chi connectivity index (χ3n) is 3.56. The van der Waals surface area contributed by atoms with Crippen LogP contribution in [0.4, 0.5) is 0 Å². The highest BCUT2D eigenvalue weighted by Gasteiger charge is 2.46. The minimum atomic E-state index is -0.546. The number of hydrogen-bond acceptors (Lipinski definition) is 4. The highest BCUT2D eigenvalue weighted by atomic mass is 16.7. The van der Waals surface area contributed by atoms with Crippen molar-refractivity contribution in [3.8, 4) is 0 Å². The summed E-state index contributed by atoms with van der Waals surface area (Å²) in [4.78, 5) is 11.7. The molecule has 2 aliphatic rings. The number of esters is 1. The molecule has 0 aromatic heterocycles. The monoisotopic (exact) mass is 240 g/mol. The third kappa shape index (κ3) is 2.53. The average Bonchev–Trinajstić information content (AvgIpc) is 2.80. The summed E-state index contributed by atoms with van der Waals surface area (Å²) >= 11 is 0. The molecule has 0 unspecified atom stereocenters. The lowest BCUT2D eigenvalue weighted by atomic mass is 9.91. The van der Waals surface area contributed by atoms with E-state index < -0.39 is 5.79 Å². The van der Waals surface area contributed by atoms with Crippen LogP contribution in [0.25, 0.3) is 0 Å². The lowest BCUT2D eigenvalue weighted by Gasteiger charge is -2.24. The van der Waals surface area contributed by atoms with Gasteiger partial charge in [0.1, 0.15) is 0 Å². The Morgan fingerprint density at radius 1 is 1.47 bits per heavy atom. The third-order valence-corrected chi connectivity index (χ3v) is 3.56. The molecule has 0 N–H and O–H groups in total. The van der Waals surface area contributed by atoms with Gasteiger partial charge in [0.15, 0.2) is 5.79 Å². The van der Waals surface area contributed by atoms with Crippen molar-refractivity contribution >= 4 is 5.97 Å². The summed E-state index contributed by atoms with van der Waals surface area (Å²) in [7, 11) is 1.43. The second kappa shape index (κ2) is 4.42. The Kier molecular flexibility index (Phi) is 3.27. The van der Waals surface area contributed by atoms with Gasteiger partial charge in [0, 0.05) is 5.92 Å². The van der Waals surface area contributed by atoms with Crippen LogP contribution >= 0.6 is 0 Å². The van der Waals surface area contributed by atoms with Crippen molar-refractivity contribution < 1.29 is 19.0 Å². The van der Waals surface area contributed by atoms with E-state index >= 15 is 0 Å². The molecule has 96 valence electrons. The molecule has 1 heterocycles. The molecule has 1 aliphatic heterocycles. The van der Waals surface area contributed by atoms with E-state index in [1.807, 2.05) is 13.8 Å². The van der Waals surface area contributed by atoms with Crippen LogP contribution in [0.3, 0.4) is 0 Å². The Hall–Kier alpha value is -0.870. The van der Waals surface area contributed by atoms with E-state index in [1.165, 1.54) is 7.11 Å². The maximum absolute atomic E-state index is 11.7. The Morgan fingerprint density at radius 2 is 2.18 bits per heavy atom. The minimum Gasteiger partial charge on any atom is -0.469 e. The van der Waals surface area contributed by atoms with Crippen LogP contribution < -0.4 is 0 Å². The zero-order valence-electron chi connectivity index (χ0n) is 10.7. The fourth-order valence-electron chi connectivity index (χ4n) is 2.75. The molecular formula is C13H20O4. The second-order valence-corrected chi connectivity index (χ2v) is 5.32. The lowest BCUT2D eigenvalue weighted by Crippen LogP contribution is -2.32. The number of hydrogen-bond donors (Lipinski definition) is 0. The maximum Gasteiger partial charge on any atom is 0.309 e. The minimum absolute atomic E-state index is 0.0339. The van der Waals surface area contributed by atoms with E-state index in [4.69, 9.17) is 14.2 Å². The van der Waals surface area contributed by atoms with Crippen molar-refractivity contribution in [1.29, 1.82) is 0 Å². The number of ether oxygens (including phenoxy) is 3. The van der Waals surface area contributed by atoms with Crippen molar-refractivity contribution in [1.82, 2.24) is 0 Å². The smallest absolute Gasteiger partial charge is 0.309 e. The number of carbonyl (C=O) groups is 1. The molecule has 0 amide bonds. The molecule has 1 aliphatic carbocycles. The largest absolute Gasteiger partial charge is 0.469 e. The van der Waals surface area contributed by atoms with Crippen LogP contribution in [0, 0.1) is 11.8 Å². The predicted molar refractivity (Wildman–Crippen MR) is 62.3 cm³/mol. The molecule has 4 heteroatoms. The van der Waals surface area contributed by atoms with Crippen LogP contribution in [0.5, 0.6) is 0 Å². The van der Waals surface area contributed by atoms with E-state index in [1.54, 1.807) is 0 Å². The standard InChI is InChI=1S/C13H20O4/c1-8-5-9(10(6-8)12(14)15-4)11-7-16-13(2,3)17-11/h9-11H,1,5-7H2,2-4H3/t9-,10+,11+/m0/s1. The molecular weight excluding hydrogens is 220 g/mol. The molecule has 3 atom stereocenters. The van der Waals surface area contributed by atoms with Crippen LogP contribution in [0.1, 0.15) is 26.7 Å². The van der Waals surface area contributed by atoms with Crippen LogP contribution in [-0.2, 0) is 19.0 Å². The Bertz CT molecular complexity index is 334. The van der Waals surface area contributed by atoms with Gasteiger partial charge in [0.2, 0.25) is 0 Å². The van der Waals surface area contributed by atoms with E-state index in [-0.39, 0.29) is 23.9 Å². The molecule has 0 aromatic carbocycles. The molecule has 1 saturated heterocycles. The maximum atomic E-state index is 11.7. The summed E-state index contributed by atoms with van der Waals surface area (Å²) in [5.41, 5.74) is 1.10. The van der Waals surface area contributed by atoms with Crippen LogP contribution in [0.15, 0.2) is 12.2 Å². The van der Waals surface area contributed by atoms with Gasteiger partial charge in [-0.05, 0) is 26.7 Å². The van der Waals surface area contributed by atoms with E-state index in [9.17, 15) is 4.79 Å². The molecule has 1 saturated carbocycles. The van der Waals surface area contributed by atoms with Crippen molar-refractivity contribution in [2.75, 3.05) is 13.7 Å². The second-order valence-electron chi connectivity index (χ2n) is 5.32. The van der Waals surface area contributed by atoms with Crippen molar-refractivity contribution in [2.45, 2.75) is 38.6 Å². The topological polar surface area (TPSA) is 44.8 Å². The summed E-state index contributed by atoms with van der Waals surface area (Å²) in [6.45, 7) is 8.30. The Balaban J connectivity index is 2.09. The lowest BCUT2D eigenvalue weighted by molar-refractivity contribution is -0.157. The first-order valence-corrected chi connectivity index (χ1v) is 5.99. The van der Waals surface area contributed by atoms with Crippen LogP contribution in [0.2, 0.25) is 0 Å². The van der Waals surface area contributed by atoms with Gasteiger partial charge in [-0.2, -0.15) is 0 Å². The summed E-state index contributed by atoms with van der Waals surface area (Å²) in [6.07, 6.45) is 1.50. The number of methoxy groups -OCH3 is 1. The first-order chi connectivity index (χ1) is 7.93. The van der Waals surface area contributed by atoms with Gasteiger partial charge in [-0.15, -0.1) is 0 Å². The first-order valence-electron chi connectivity index (χ1n) is 5.99. The van der Waals surface area contributed by atoms with Gasteiger partial charge in [-0.1, -0.05) is 12.2 Å². The fourth-order valence-corrected chi connectivity index (χ4v) is 2.75. The molecule has 4 nitrogen and oxygen atoms in total. The fraction of sp³-hybridized carbons (Fsp3) is 0.769. The number of rotatable bonds is 2. The Morgan fingerprint density at radius 3 is 2.71 bits per heavy atom. The average molecular weight is 240 g/mol. The quantitative estimate of drug-likeness (QED) is 0.546. The Labute approximate surface area is 102 Å². The molecule has 2 fully saturated rings. The normalized spacial score (nSPS) is 36.2. The van der Waals surface area contributed by atoms with Gasteiger partial charge in [0.05, 0.1) is 25.7 Å². The first kappa shape index (κ1) is 12.6. The summed E-state index contributed by atoms with van der Waals surface area (Å²) in [5, 5.41) is 0. The van der Waals surface area contributed by atoms with Crippen LogP contribution in [-0.4, -0.2) is 31.6 Å². The summed E-state index contributed by atoms with van der Waals surface area (Å²) < 4.78 is 16.2.